The number of hydrogen-bond acceptors (Lipinski definition) is 8. The van der Waals surface area contributed by atoms with Crippen LogP contribution in [-0.2, 0) is 11.2 Å². The lowest BCUT2D eigenvalue weighted by Gasteiger charge is -2.07. The summed E-state index contributed by atoms with van der Waals surface area (Å²) in [5.41, 5.74) is 3.96. The van der Waals surface area contributed by atoms with Gasteiger partial charge in [0.05, 0.1) is 34.7 Å². The second-order valence-electron chi connectivity index (χ2n) is 10.1. The summed E-state index contributed by atoms with van der Waals surface area (Å²) >= 11 is 13.5. The van der Waals surface area contributed by atoms with Crippen molar-refractivity contribution in [3.05, 3.63) is 110 Å². The van der Waals surface area contributed by atoms with Crippen LogP contribution in [0.4, 0.5) is 0 Å². The van der Waals surface area contributed by atoms with Crippen molar-refractivity contribution in [3.63, 3.8) is 0 Å². The third-order valence-corrected chi connectivity index (χ3v) is 8.68. The van der Waals surface area contributed by atoms with Gasteiger partial charge in [0, 0.05) is 46.3 Å². The first-order chi connectivity index (χ1) is 21.7. The molecule has 0 atom stereocenters. The highest BCUT2D eigenvalue weighted by Crippen LogP contribution is 2.40. The Kier molecular flexibility index (Phi) is 12.4. The van der Waals surface area contributed by atoms with E-state index >= 15 is 0 Å². The number of aryl methyl sites for hydroxylation is 1. The molecule has 0 aliphatic heterocycles. The Balaban J connectivity index is 1.31. The molecule has 0 aliphatic rings. The first-order valence-corrected chi connectivity index (χ1v) is 15.8. The molecule has 3 aromatic carbocycles. The molecule has 234 valence electrons. The Labute approximate surface area is 275 Å². The summed E-state index contributed by atoms with van der Waals surface area (Å²) in [4.78, 5) is 43.2. The quantitative estimate of drug-likeness (QED) is 0.0739. The number of thiophene rings is 1. The molecule has 1 heterocycles. The van der Waals surface area contributed by atoms with Crippen LogP contribution in [-0.4, -0.2) is 66.3 Å². The van der Waals surface area contributed by atoms with Gasteiger partial charge in [-0.1, -0.05) is 59.6 Å². The van der Waals surface area contributed by atoms with Gasteiger partial charge >= 0.3 is 0 Å². The van der Waals surface area contributed by atoms with Gasteiger partial charge in [0.15, 0.2) is 11.6 Å². The zero-order chi connectivity index (χ0) is 32.3. The maximum Gasteiger partial charge on any atom is 0.251 e. The summed E-state index contributed by atoms with van der Waals surface area (Å²) in [6.07, 6.45) is 0.715. The molecular formula is C34H32Cl2N2O6S. The molecule has 0 unspecified atom stereocenters. The minimum Gasteiger partial charge on any atom is -0.506 e. The number of carbonyl (C=O) groups is 3. The third kappa shape index (κ3) is 9.32. The van der Waals surface area contributed by atoms with Crippen LogP contribution in [0.5, 0.6) is 5.75 Å². The molecule has 3 N–H and O–H groups in total. The van der Waals surface area contributed by atoms with E-state index in [1.54, 1.807) is 66.9 Å². The summed E-state index contributed by atoms with van der Waals surface area (Å²) in [6, 6.07) is 18.7. The van der Waals surface area contributed by atoms with E-state index < -0.39 is 0 Å². The summed E-state index contributed by atoms with van der Waals surface area (Å²) in [5.74, 6) is -0.534. The lowest BCUT2D eigenvalue weighted by molar-refractivity contribution is 0.0837. The fraction of sp³-hybridized carbons (Fsp3) is 0.235. The van der Waals surface area contributed by atoms with E-state index in [2.05, 4.69) is 10.3 Å². The number of benzene rings is 3. The minimum absolute atomic E-state index is 0.0537. The number of hydrogen-bond donors (Lipinski definition) is 3. The maximum atomic E-state index is 13.0. The van der Waals surface area contributed by atoms with Gasteiger partial charge in [-0.25, -0.2) is 0 Å². The number of aliphatic hydroxyl groups is 1. The average molecular weight is 668 g/mol. The number of aliphatic hydroxyl groups excluding tert-OH is 1. The van der Waals surface area contributed by atoms with Gasteiger partial charge in [0.25, 0.3) is 5.91 Å². The van der Waals surface area contributed by atoms with Crippen molar-refractivity contribution in [1.29, 1.82) is 0 Å². The second kappa shape index (κ2) is 16.5. The number of aliphatic imine (C=N–C) groups is 1. The number of ether oxygens (including phenoxy) is 1. The molecule has 0 spiro atoms. The largest absolute Gasteiger partial charge is 0.506 e. The van der Waals surface area contributed by atoms with Crippen LogP contribution in [0.25, 0.3) is 10.4 Å². The molecule has 11 heteroatoms. The molecule has 0 saturated heterocycles. The van der Waals surface area contributed by atoms with Crippen LogP contribution in [0.2, 0.25) is 10.0 Å². The van der Waals surface area contributed by atoms with E-state index in [4.69, 9.17) is 33.0 Å². The first-order valence-electron chi connectivity index (χ1n) is 14.2. The number of halogens is 2. The van der Waals surface area contributed by atoms with Crippen LogP contribution in [0.15, 0.2) is 77.1 Å². The second-order valence-corrected chi connectivity index (χ2v) is 11.8. The van der Waals surface area contributed by atoms with Gasteiger partial charge in [-0.15, -0.1) is 11.3 Å². The lowest BCUT2D eigenvalue weighted by Crippen LogP contribution is -2.27. The number of ketones is 2. The predicted molar refractivity (Wildman–Crippen MR) is 179 cm³/mol. The maximum absolute atomic E-state index is 13.0. The van der Waals surface area contributed by atoms with Crippen molar-refractivity contribution in [2.24, 2.45) is 4.99 Å². The minimum atomic E-state index is -0.253. The first kappa shape index (κ1) is 34.0. The molecule has 4 rings (SSSR count). The van der Waals surface area contributed by atoms with Crippen LogP contribution in [0.1, 0.15) is 55.5 Å². The normalized spacial score (nSPS) is 11.4. The molecule has 1 aromatic heterocycles. The van der Waals surface area contributed by atoms with E-state index in [0.717, 1.165) is 11.1 Å². The van der Waals surface area contributed by atoms with Gasteiger partial charge in [0.1, 0.15) is 12.3 Å². The molecule has 0 bridgehead atoms. The van der Waals surface area contributed by atoms with E-state index in [1.165, 1.54) is 11.3 Å². The molecule has 1 amide bonds. The van der Waals surface area contributed by atoms with E-state index in [0.29, 0.717) is 62.5 Å². The number of amides is 1. The van der Waals surface area contributed by atoms with Crippen molar-refractivity contribution < 1.29 is 29.3 Å². The molecule has 0 fully saturated rings. The Morgan fingerprint density at radius 3 is 2.36 bits per heavy atom. The number of nitrogens with zero attached hydrogens (tertiary/aromatic N) is 1. The Hall–Kier alpha value is -3.86. The summed E-state index contributed by atoms with van der Waals surface area (Å²) in [5, 5.41) is 24.9. The van der Waals surface area contributed by atoms with Crippen molar-refractivity contribution in [2.45, 2.75) is 19.8 Å². The molecule has 0 aliphatic carbocycles. The number of rotatable bonds is 15. The highest BCUT2D eigenvalue weighted by Gasteiger charge is 2.17. The highest BCUT2D eigenvalue weighted by atomic mass is 35.5. The van der Waals surface area contributed by atoms with Crippen LogP contribution < -0.4 is 5.32 Å². The van der Waals surface area contributed by atoms with E-state index in [-0.39, 0.29) is 49.4 Å². The third-order valence-electron chi connectivity index (χ3n) is 6.93. The summed E-state index contributed by atoms with van der Waals surface area (Å²) < 4.78 is 5.13. The van der Waals surface area contributed by atoms with Crippen molar-refractivity contribution in [1.82, 2.24) is 5.32 Å². The standard InChI is InChI=1S/C34H32Cl2N2O6S/c1-21(27-20-45-33(32(27)42)26-10-11-28(35)29(36)18-26)38-19-31(41)25-4-2-3-24(17-25)30(40)12-7-22-5-8-23(9-6-22)34(43)37-13-15-44-16-14-39/h2-6,8-11,17-18,20,39,42H,7,12-16,19H2,1H3,(H,37,43). The molecule has 0 saturated carbocycles. The number of carbonyl (C=O) groups excluding carboxylic acids is 3. The van der Waals surface area contributed by atoms with Gasteiger partial charge in [0.2, 0.25) is 0 Å². The summed E-state index contributed by atoms with van der Waals surface area (Å²) in [7, 11) is 0. The average Bonchev–Trinajstić information content (AvgIpc) is 3.44. The van der Waals surface area contributed by atoms with Crippen molar-refractivity contribution in [3.8, 4) is 16.2 Å². The van der Waals surface area contributed by atoms with Gasteiger partial charge in [-0.05, 0) is 54.8 Å². The monoisotopic (exact) mass is 666 g/mol. The van der Waals surface area contributed by atoms with Gasteiger partial charge in [-0.2, -0.15) is 0 Å². The van der Waals surface area contributed by atoms with Crippen LogP contribution >= 0.6 is 34.5 Å². The highest BCUT2D eigenvalue weighted by molar-refractivity contribution is 7.14. The fourth-order valence-corrected chi connectivity index (χ4v) is 5.71. The molecule has 45 heavy (non-hydrogen) atoms. The molecule has 8 nitrogen and oxygen atoms in total. The predicted octanol–water partition coefficient (Wildman–Crippen LogP) is 6.67. The SMILES string of the molecule is CC(=NCC(=O)c1cccc(C(=O)CCc2ccc(C(=O)NCCOCCO)cc2)c1)c1csc(-c2ccc(Cl)c(Cl)c2)c1O. The Morgan fingerprint density at radius 2 is 1.64 bits per heavy atom. The smallest absolute Gasteiger partial charge is 0.251 e. The Morgan fingerprint density at radius 1 is 0.911 bits per heavy atom. The van der Waals surface area contributed by atoms with Gasteiger partial charge < -0.3 is 20.3 Å². The zero-order valence-corrected chi connectivity index (χ0v) is 26.8. The molecule has 4 aromatic rings. The Bertz CT molecular complexity index is 1700. The van der Waals surface area contributed by atoms with Crippen molar-refractivity contribution in [2.75, 3.05) is 32.9 Å². The lowest BCUT2D eigenvalue weighted by atomic mass is 9.99. The zero-order valence-electron chi connectivity index (χ0n) is 24.5. The molecule has 0 radical (unpaired) electrons. The fourth-order valence-electron chi connectivity index (χ4n) is 4.41. The van der Waals surface area contributed by atoms with Gasteiger partial charge in [-0.3, -0.25) is 19.4 Å². The van der Waals surface area contributed by atoms with E-state index in [9.17, 15) is 19.5 Å². The number of aromatic hydroxyl groups is 1. The van der Waals surface area contributed by atoms with Crippen LogP contribution in [0, 0.1) is 0 Å². The van der Waals surface area contributed by atoms with Crippen LogP contribution in [0.3, 0.4) is 0 Å². The van der Waals surface area contributed by atoms with Crippen molar-refractivity contribution >= 4 is 57.7 Å². The number of nitrogens with one attached hydrogen (secondary N) is 1. The number of Topliss-reactive ketones (excluding diaryl/α,β-unsaturated/α-hetero) is 2. The van der Waals surface area contributed by atoms with E-state index in [1.807, 2.05) is 12.1 Å². The molecular weight excluding hydrogens is 635 g/mol. The summed E-state index contributed by atoms with van der Waals surface area (Å²) in [6.45, 7) is 2.39. The topological polar surface area (TPSA) is 125 Å².